The molecule has 0 amide bonds. The second kappa shape index (κ2) is 7.68. The predicted octanol–water partition coefficient (Wildman–Crippen LogP) is 0.505. The van der Waals surface area contributed by atoms with E-state index in [1.165, 1.54) is 0 Å². The van der Waals surface area contributed by atoms with E-state index < -0.39 is 24.5 Å². The first kappa shape index (κ1) is 15.4. The molecule has 6 nitrogen and oxygen atoms in total. The molecule has 0 saturated carbocycles. The molecule has 106 valence electrons. The van der Waals surface area contributed by atoms with Gasteiger partial charge < -0.3 is 24.8 Å². The number of aliphatic carboxylic acids is 1. The molecule has 0 aromatic heterocycles. The van der Waals surface area contributed by atoms with Crippen LogP contribution in [0.5, 0.6) is 0 Å². The summed E-state index contributed by atoms with van der Waals surface area (Å²) in [5.41, 5.74) is 0. The normalized spacial score (nSPS) is 30.1. The number of carbonyl (C=O) groups is 1. The zero-order chi connectivity index (χ0) is 13.5. The van der Waals surface area contributed by atoms with Crippen molar-refractivity contribution in [2.75, 3.05) is 6.61 Å². The van der Waals surface area contributed by atoms with Crippen molar-refractivity contribution < 1.29 is 29.6 Å². The monoisotopic (exact) mass is 262 g/mol. The summed E-state index contributed by atoms with van der Waals surface area (Å²) in [5.74, 6) is -0.788. The summed E-state index contributed by atoms with van der Waals surface area (Å²) in [5, 5.41) is 27.4. The van der Waals surface area contributed by atoms with Crippen molar-refractivity contribution in [3.63, 3.8) is 0 Å². The number of aliphatic hydroxyl groups excluding tert-OH is 2. The van der Waals surface area contributed by atoms with Crippen molar-refractivity contribution in [1.29, 1.82) is 0 Å². The fraction of sp³-hybridized carbons (Fsp3) is 0.917. The lowest BCUT2D eigenvalue weighted by Gasteiger charge is -2.32. The van der Waals surface area contributed by atoms with Gasteiger partial charge in [0.15, 0.2) is 6.29 Å². The maximum Gasteiger partial charge on any atom is 0.303 e. The number of unbranched alkanes of at least 4 members (excludes halogenated alkanes) is 1. The van der Waals surface area contributed by atoms with Gasteiger partial charge in [-0.15, -0.1) is 0 Å². The lowest BCUT2D eigenvalue weighted by molar-refractivity contribution is -0.250. The molecule has 1 aliphatic rings. The number of hydrogen-bond donors (Lipinski definition) is 3. The number of ether oxygens (including phenoxy) is 2. The van der Waals surface area contributed by atoms with Crippen LogP contribution < -0.4 is 0 Å². The van der Waals surface area contributed by atoms with Gasteiger partial charge in [0, 0.05) is 12.8 Å². The Bertz CT molecular complexity index is 257. The average molecular weight is 262 g/mol. The molecule has 3 N–H and O–H groups in total. The molecule has 1 fully saturated rings. The molecule has 0 aliphatic carbocycles. The first-order valence-corrected chi connectivity index (χ1v) is 6.34. The van der Waals surface area contributed by atoms with Crippen LogP contribution >= 0.6 is 0 Å². The number of aliphatic hydroxyl groups is 2. The molecule has 0 bridgehead atoms. The Kier molecular flexibility index (Phi) is 6.56. The highest BCUT2D eigenvalue weighted by atomic mass is 16.7. The molecule has 1 heterocycles. The maximum absolute atomic E-state index is 10.3. The summed E-state index contributed by atoms with van der Waals surface area (Å²) < 4.78 is 10.7. The van der Waals surface area contributed by atoms with Crippen LogP contribution in [0.1, 0.15) is 39.0 Å². The lowest BCUT2D eigenvalue weighted by Crippen LogP contribution is -2.43. The van der Waals surface area contributed by atoms with Gasteiger partial charge in [0.05, 0.1) is 18.8 Å². The second-order valence-corrected chi connectivity index (χ2v) is 4.74. The zero-order valence-electron chi connectivity index (χ0n) is 10.6. The van der Waals surface area contributed by atoms with Crippen LogP contribution in [-0.2, 0) is 14.3 Å². The molecule has 18 heavy (non-hydrogen) atoms. The van der Waals surface area contributed by atoms with Crippen LogP contribution in [0.2, 0.25) is 0 Å². The summed E-state index contributed by atoms with van der Waals surface area (Å²) in [6.45, 7) is 2.04. The minimum atomic E-state index is -0.810. The van der Waals surface area contributed by atoms with E-state index in [-0.39, 0.29) is 25.6 Å². The topological polar surface area (TPSA) is 96.2 Å². The fourth-order valence-electron chi connectivity index (χ4n) is 1.91. The maximum atomic E-state index is 10.3. The van der Waals surface area contributed by atoms with Crippen LogP contribution in [0.3, 0.4) is 0 Å². The number of hydrogen-bond acceptors (Lipinski definition) is 5. The van der Waals surface area contributed by atoms with Crippen LogP contribution in [0, 0.1) is 0 Å². The van der Waals surface area contributed by atoms with Gasteiger partial charge in [0.1, 0.15) is 6.10 Å². The highest BCUT2D eigenvalue weighted by Crippen LogP contribution is 2.18. The summed E-state index contributed by atoms with van der Waals surface area (Å²) in [4.78, 5) is 10.3. The van der Waals surface area contributed by atoms with E-state index in [2.05, 4.69) is 0 Å². The average Bonchev–Trinajstić information content (AvgIpc) is 2.28. The minimum absolute atomic E-state index is 0.103. The van der Waals surface area contributed by atoms with Crippen LogP contribution in [-0.4, -0.2) is 52.5 Å². The summed E-state index contributed by atoms with van der Waals surface area (Å²) in [7, 11) is 0. The van der Waals surface area contributed by atoms with E-state index in [1.807, 2.05) is 6.92 Å². The van der Waals surface area contributed by atoms with Crippen LogP contribution in [0.15, 0.2) is 0 Å². The fourth-order valence-corrected chi connectivity index (χ4v) is 1.91. The molecule has 1 aliphatic heterocycles. The van der Waals surface area contributed by atoms with E-state index in [1.54, 1.807) is 0 Å². The van der Waals surface area contributed by atoms with Crippen LogP contribution in [0.4, 0.5) is 0 Å². The Labute approximate surface area is 107 Å². The highest BCUT2D eigenvalue weighted by molar-refractivity contribution is 5.66. The molecule has 1 rings (SSSR count). The SMILES string of the molecule is C[C@H](CCCCC(=O)O)O[C@@H]1OC[C@H](O)CC1O. The Morgan fingerprint density at radius 2 is 2.17 bits per heavy atom. The predicted molar refractivity (Wildman–Crippen MR) is 63.0 cm³/mol. The van der Waals surface area contributed by atoms with Gasteiger partial charge >= 0.3 is 5.97 Å². The van der Waals surface area contributed by atoms with Crippen molar-refractivity contribution in [1.82, 2.24) is 0 Å². The number of carboxylic acids is 1. The molecule has 6 heteroatoms. The molecule has 0 spiro atoms. The Hall–Kier alpha value is -0.690. The smallest absolute Gasteiger partial charge is 0.303 e. The van der Waals surface area contributed by atoms with Crippen molar-refractivity contribution in [2.45, 2.75) is 63.6 Å². The number of rotatable bonds is 7. The Balaban J connectivity index is 2.15. The Morgan fingerprint density at radius 1 is 1.44 bits per heavy atom. The Morgan fingerprint density at radius 3 is 2.78 bits per heavy atom. The van der Waals surface area contributed by atoms with Gasteiger partial charge in [0.25, 0.3) is 0 Å². The molecule has 0 radical (unpaired) electrons. The van der Waals surface area contributed by atoms with Crippen molar-refractivity contribution in [2.24, 2.45) is 0 Å². The van der Waals surface area contributed by atoms with Gasteiger partial charge in [-0.3, -0.25) is 4.79 Å². The highest BCUT2D eigenvalue weighted by Gasteiger charge is 2.30. The molecule has 1 unspecified atom stereocenters. The van der Waals surface area contributed by atoms with E-state index in [9.17, 15) is 15.0 Å². The molecular weight excluding hydrogens is 240 g/mol. The van der Waals surface area contributed by atoms with E-state index in [0.717, 1.165) is 12.8 Å². The molecular formula is C12H22O6. The molecule has 4 atom stereocenters. The van der Waals surface area contributed by atoms with Crippen molar-refractivity contribution >= 4 is 5.97 Å². The third-order valence-electron chi connectivity index (χ3n) is 2.90. The molecule has 0 aromatic carbocycles. The summed E-state index contributed by atoms with van der Waals surface area (Å²) in [6.07, 6.45) is 0.298. The first-order valence-electron chi connectivity index (χ1n) is 6.34. The van der Waals surface area contributed by atoms with Crippen molar-refractivity contribution in [3.8, 4) is 0 Å². The summed E-state index contributed by atoms with van der Waals surface area (Å²) in [6, 6.07) is 0. The third-order valence-corrected chi connectivity index (χ3v) is 2.90. The largest absolute Gasteiger partial charge is 0.481 e. The van der Waals surface area contributed by atoms with Crippen LogP contribution in [0.25, 0.3) is 0 Å². The summed E-state index contributed by atoms with van der Waals surface area (Å²) >= 11 is 0. The lowest BCUT2D eigenvalue weighted by atomic mass is 10.1. The van der Waals surface area contributed by atoms with E-state index >= 15 is 0 Å². The molecule has 1 saturated heterocycles. The van der Waals surface area contributed by atoms with Gasteiger partial charge in [0.2, 0.25) is 0 Å². The first-order chi connectivity index (χ1) is 8.49. The zero-order valence-corrected chi connectivity index (χ0v) is 10.6. The van der Waals surface area contributed by atoms with E-state index in [4.69, 9.17) is 14.6 Å². The number of carboxylic acid groups (broad SMARTS) is 1. The van der Waals surface area contributed by atoms with Gasteiger partial charge in [-0.25, -0.2) is 0 Å². The minimum Gasteiger partial charge on any atom is -0.481 e. The van der Waals surface area contributed by atoms with Gasteiger partial charge in [-0.2, -0.15) is 0 Å². The van der Waals surface area contributed by atoms with Gasteiger partial charge in [-0.1, -0.05) is 6.42 Å². The quantitative estimate of drug-likeness (QED) is 0.578. The molecule has 0 aromatic rings. The third kappa shape index (κ3) is 5.77. The van der Waals surface area contributed by atoms with Crippen molar-refractivity contribution in [3.05, 3.63) is 0 Å². The standard InChI is InChI=1S/C12H22O6/c1-8(4-2-3-5-11(15)16)18-12-10(14)6-9(13)7-17-12/h8-10,12-14H,2-7H2,1H3,(H,15,16)/t8-,9-,10?,12+/m1/s1. The van der Waals surface area contributed by atoms with E-state index in [0.29, 0.717) is 6.42 Å². The van der Waals surface area contributed by atoms with Gasteiger partial charge in [-0.05, 0) is 19.8 Å². The second-order valence-electron chi connectivity index (χ2n) is 4.74.